The van der Waals surface area contributed by atoms with Crippen molar-refractivity contribution in [3.8, 4) is 11.4 Å². The first-order chi connectivity index (χ1) is 9.65. The first-order valence-electron chi connectivity index (χ1n) is 5.69. The third-order valence-electron chi connectivity index (χ3n) is 2.64. The summed E-state index contributed by atoms with van der Waals surface area (Å²) < 4.78 is 1.18. The molecule has 0 radical (unpaired) electrons. The number of fused-ring (bicyclic) bond motifs is 1. The normalized spacial score (nSPS) is 10.8. The number of hydrogen-bond acceptors (Lipinski definition) is 5. The quantitative estimate of drug-likeness (QED) is 0.736. The molecule has 0 saturated heterocycles. The lowest BCUT2D eigenvalue weighted by Gasteiger charge is -2.02. The SMILES string of the molecule is O=C(O)Cn1nnc2c(Cl)nc(-c3ccccc3)nc21. The van der Waals surface area contributed by atoms with Gasteiger partial charge in [0.2, 0.25) is 0 Å². The van der Waals surface area contributed by atoms with Gasteiger partial charge in [0.05, 0.1) is 0 Å². The predicted octanol–water partition coefficient (Wildman–Crippen LogP) is 1.63. The Morgan fingerprint density at radius 2 is 2.00 bits per heavy atom. The van der Waals surface area contributed by atoms with Gasteiger partial charge in [-0.3, -0.25) is 4.79 Å². The zero-order valence-corrected chi connectivity index (χ0v) is 10.8. The Morgan fingerprint density at radius 3 is 2.70 bits per heavy atom. The van der Waals surface area contributed by atoms with Crippen LogP contribution in [0, 0.1) is 0 Å². The molecule has 0 amide bonds. The van der Waals surface area contributed by atoms with E-state index in [-0.39, 0.29) is 17.2 Å². The Labute approximate surface area is 117 Å². The number of aliphatic carboxylic acids is 1. The Kier molecular flexibility index (Phi) is 3.03. The van der Waals surface area contributed by atoms with Crippen LogP contribution in [0.25, 0.3) is 22.6 Å². The van der Waals surface area contributed by atoms with E-state index < -0.39 is 5.97 Å². The minimum Gasteiger partial charge on any atom is -0.480 e. The van der Waals surface area contributed by atoms with Crippen molar-refractivity contribution in [1.29, 1.82) is 0 Å². The molecule has 2 aromatic heterocycles. The molecule has 100 valence electrons. The molecule has 0 bridgehead atoms. The average Bonchev–Trinajstić information content (AvgIpc) is 2.83. The number of halogens is 1. The summed E-state index contributed by atoms with van der Waals surface area (Å²) in [6, 6.07) is 9.25. The van der Waals surface area contributed by atoms with Crippen molar-refractivity contribution >= 4 is 28.7 Å². The van der Waals surface area contributed by atoms with E-state index in [4.69, 9.17) is 16.7 Å². The maximum absolute atomic E-state index is 10.8. The van der Waals surface area contributed by atoms with Gasteiger partial charge in [0.25, 0.3) is 0 Å². The Hall–Kier alpha value is -2.54. The number of nitrogens with zero attached hydrogens (tertiary/aromatic N) is 5. The van der Waals surface area contributed by atoms with Gasteiger partial charge in [-0.15, -0.1) is 5.10 Å². The monoisotopic (exact) mass is 289 g/mol. The maximum atomic E-state index is 10.8. The van der Waals surface area contributed by atoms with Crippen LogP contribution in [-0.2, 0) is 11.3 Å². The largest absolute Gasteiger partial charge is 0.480 e. The van der Waals surface area contributed by atoms with E-state index in [2.05, 4.69) is 20.3 Å². The smallest absolute Gasteiger partial charge is 0.325 e. The average molecular weight is 290 g/mol. The van der Waals surface area contributed by atoms with Gasteiger partial charge in [-0.05, 0) is 0 Å². The van der Waals surface area contributed by atoms with Crippen LogP contribution in [0.1, 0.15) is 0 Å². The van der Waals surface area contributed by atoms with Crippen molar-refractivity contribution in [3.05, 3.63) is 35.5 Å². The fraction of sp³-hybridized carbons (Fsp3) is 0.0833. The summed E-state index contributed by atoms with van der Waals surface area (Å²) in [5.74, 6) is -0.634. The maximum Gasteiger partial charge on any atom is 0.325 e. The second-order valence-electron chi connectivity index (χ2n) is 4.02. The van der Waals surface area contributed by atoms with Gasteiger partial charge >= 0.3 is 5.97 Å². The highest BCUT2D eigenvalue weighted by atomic mass is 35.5. The molecule has 1 N–H and O–H groups in total. The van der Waals surface area contributed by atoms with Crippen LogP contribution >= 0.6 is 11.6 Å². The fourth-order valence-electron chi connectivity index (χ4n) is 1.77. The van der Waals surface area contributed by atoms with Gasteiger partial charge in [0.1, 0.15) is 6.54 Å². The number of benzene rings is 1. The number of carboxylic acid groups (broad SMARTS) is 1. The molecule has 0 aliphatic rings. The highest BCUT2D eigenvalue weighted by molar-refractivity contribution is 6.33. The van der Waals surface area contributed by atoms with Crippen LogP contribution in [-0.4, -0.2) is 36.0 Å². The second kappa shape index (κ2) is 4.86. The van der Waals surface area contributed by atoms with Crippen LogP contribution in [0.15, 0.2) is 30.3 Å². The van der Waals surface area contributed by atoms with E-state index in [0.29, 0.717) is 11.5 Å². The lowest BCUT2D eigenvalue weighted by Crippen LogP contribution is -2.11. The Morgan fingerprint density at radius 1 is 1.25 bits per heavy atom. The zero-order valence-electron chi connectivity index (χ0n) is 10.1. The molecular formula is C12H8ClN5O2. The first kappa shape index (κ1) is 12.5. The summed E-state index contributed by atoms with van der Waals surface area (Å²) >= 11 is 6.05. The van der Waals surface area contributed by atoms with Gasteiger partial charge in [0.15, 0.2) is 22.1 Å². The third kappa shape index (κ3) is 2.19. The summed E-state index contributed by atoms with van der Waals surface area (Å²) in [6.45, 7) is -0.335. The lowest BCUT2D eigenvalue weighted by molar-refractivity contribution is -0.137. The molecule has 1 aromatic carbocycles. The Bertz CT molecular complexity index is 787. The summed E-state index contributed by atoms with van der Waals surface area (Å²) in [5, 5.41) is 16.5. The van der Waals surface area contributed by atoms with E-state index in [1.807, 2.05) is 30.3 Å². The number of hydrogen-bond donors (Lipinski definition) is 1. The predicted molar refractivity (Wildman–Crippen MR) is 71.2 cm³/mol. The van der Waals surface area contributed by atoms with Crippen molar-refractivity contribution in [2.45, 2.75) is 6.54 Å². The molecule has 2 heterocycles. The first-order valence-corrected chi connectivity index (χ1v) is 6.07. The molecule has 0 fully saturated rings. The standard InChI is InChI=1S/C12H8ClN5O2/c13-10-9-12(18(17-16-9)6-8(19)20)15-11(14-10)7-4-2-1-3-5-7/h1-5H,6H2,(H,19,20). The fourth-order valence-corrected chi connectivity index (χ4v) is 1.98. The molecule has 0 atom stereocenters. The summed E-state index contributed by atoms with van der Waals surface area (Å²) in [4.78, 5) is 19.2. The zero-order chi connectivity index (χ0) is 14.1. The molecule has 0 spiro atoms. The van der Waals surface area contributed by atoms with Crippen molar-refractivity contribution in [2.75, 3.05) is 0 Å². The molecule has 0 unspecified atom stereocenters. The minimum absolute atomic E-state index is 0.144. The minimum atomic E-state index is -1.03. The highest BCUT2D eigenvalue weighted by Crippen LogP contribution is 2.22. The van der Waals surface area contributed by atoms with Gasteiger partial charge in [0, 0.05) is 5.56 Å². The topological polar surface area (TPSA) is 93.8 Å². The molecule has 0 saturated carbocycles. The van der Waals surface area contributed by atoms with E-state index >= 15 is 0 Å². The number of aromatic nitrogens is 5. The van der Waals surface area contributed by atoms with E-state index in [1.54, 1.807) is 0 Å². The van der Waals surface area contributed by atoms with Crippen LogP contribution in [0.2, 0.25) is 5.15 Å². The van der Waals surface area contributed by atoms with Crippen LogP contribution in [0.4, 0.5) is 0 Å². The van der Waals surface area contributed by atoms with E-state index in [9.17, 15) is 4.79 Å². The molecule has 8 heteroatoms. The lowest BCUT2D eigenvalue weighted by atomic mass is 10.2. The van der Waals surface area contributed by atoms with Crippen LogP contribution in [0.3, 0.4) is 0 Å². The molecule has 3 rings (SSSR count). The molecule has 3 aromatic rings. The summed E-state index contributed by atoms with van der Waals surface area (Å²) in [6.07, 6.45) is 0. The van der Waals surface area contributed by atoms with Gasteiger partial charge in [-0.25, -0.2) is 14.6 Å². The van der Waals surface area contributed by atoms with E-state index in [0.717, 1.165) is 5.56 Å². The van der Waals surface area contributed by atoms with Gasteiger partial charge in [-0.1, -0.05) is 47.1 Å². The van der Waals surface area contributed by atoms with Crippen molar-refractivity contribution in [2.24, 2.45) is 0 Å². The molecular weight excluding hydrogens is 282 g/mol. The summed E-state index contributed by atoms with van der Waals surface area (Å²) in [5.41, 5.74) is 1.36. The van der Waals surface area contributed by atoms with Gasteiger partial charge < -0.3 is 5.11 Å². The highest BCUT2D eigenvalue weighted by Gasteiger charge is 2.15. The molecule has 0 aliphatic heterocycles. The molecule has 20 heavy (non-hydrogen) atoms. The number of carbonyl (C=O) groups is 1. The van der Waals surface area contributed by atoms with Crippen molar-refractivity contribution in [3.63, 3.8) is 0 Å². The summed E-state index contributed by atoms with van der Waals surface area (Å²) in [7, 11) is 0. The third-order valence-corrected chi connectivity index (χ3v) is 2.90. The molecule has 0 aliphatic carbocycles. The van der Waals surface area contributed by atoms with Crippen molar-refractivity contribution in [1.82, 2.24) is 25.0 Å². The van der Waals surface area contributed by atoms with Gasteiger partial charge in [-0.2, -0.15) is 0 Å². The van der Waals surface area contributed by atoms with Crippen LogP contribution < -0.4 is 0 Å². The van der Waals surface area contributed by atoms with Crippen LogP contribution in [0.5, 0.6) is 0 Å². The number of carboxylic acids is 1. The second-order valence-corrected chi connectivity index (χ2v) is 4.38. The molecule has 7 nitrogen and oxygen atoms in total. The van der Waals surface area contributed by atoms with Crippen molar-refractivity contribution < 1.29 is 9.90 Å². The Balaban J connectivity index is 2.19. The number of rotatable bonds is 3. The van der Waals surface area contributed by atoms with E-state index in [1.165, 1.54) is 4.68 Å².